The van der Waals surface area contributed by atoms with Crippen LogP contribution in [0.25, 0.3) is 0 Å². The zero-order chi connectivity index (χ0) is 19.3. The molecule has 0 bridgehead atoms. The number of morpholine rings is 1. The maximum absolute atomic E-state index is 5.95. The Hall–Kier alpha value is -1.65. The Morgan fingerprint density at radius 1 is 1.28 bits per heavy atom. The molecule has 1 N–H and O–H groups in total. The average Bonchev–Trinajstić information content (AvgIpc) is 3.17. The number of aromatic nitrogens is 2. The van der Waals surface area contributed by atoms with Crippen LogP contribution in [0.5, 0.6) is 0 Å². The van der Waals surface area contributed by atoms with Crippen molar-refractivity contribution in [1.29, 1.82) is 0 Å². The summed E-state index contributed by atoms with van der Waals surface area (Å²) >= 11 is 0. The second-order valence-corrected chi connectivity index (χ2v) is 7.52. The molecule has 7 nitrogen and oxygen atoms in total. The minimum Gasteiger partial charge on any atom is -0.370 e. The van der Waals surface area contributed by atoms with Gasteiger partial charge >= 0.3 is 0 Å². The van der Waals surface area contributed by atoms with Crippen LogP contribution >= 0.6 is 24.0 Å². The van der Waals surface area contributed by atoms with E-state index in [1.165, 1.54) is 11.1 Å². The van der Waals surface area contributed by atoms with Gasteiger partial charge in [-0.3, -0.25) is 14.6 Å². The van der Waals surface area contributed by atoms with Gasteiger partial charge in [-0.2, -0.15) is 5.10 Å². The topological polar surface area (TPSA) is 57.9 Å². The van der Waals surface area contributed by atoms with Crippen LogP contribution in [0.4, 0.5) is 0 Å². The molecule has 2 aliphatic heterocycles. The molecule has 3 heterocycles. The minimum atomic E-state index is 0. The van der Waals surface area contributed by atoms with Gasteiger partial charge in [0.1, 0.15) is 6.10 Å². The highest BCUT2D eigenvalue weighted by Gasteiger charge is 2.25. The zero-order valence-electron chi connectivity index (χ0n) is 17.3. The number of aliphatic imine (C=N–C) groups is 1. The van der Waals surface area contributed by atoms with Crippen LogP contribution in [-0.4, -0.2) is 71.9 Å². The highest BCUT2D eigenvalue weighted by atomic mass is 127. The second kappa shape index (κ2) is 10.4. The van der Waals surface area contributed by atoms with Crippen molar-refractivity contribution in [3.63, 3.8) is 0 Å². The van der Waals surface area contributed by atoms with Crippen LogP contribution in [0, 0.1) is 0 Å². The summed E-state index contributed by atoms with van der Waals surface area (Å²) in [5.74, 6) is 0.953. The average molecular weight is 510 g/mol. The first-order chi connectivity index (χ1) is 13.7. The fraction of sp³-hybridized carbons (Fsp3) is 0.524. The van der Waals surface area contributed by atoms with Crippen LogP contribution in [0.2, 0.25) is 0 Å². The summed E-state index contributed by atoms with van der Waals surface area (Å²) in [5, 5.41) is 7.81. The number of hydrogen-bond donors (Lipinski definition) is 1. The standard InChI is InChI=1S/C21H30N6O.HI/c1-22-21(27-11-12-28-20(16-27)19-13-24-25(2)14-19)23-8-10-26-9-7-17-5-3-4-6-18(17)15-26;/h3-6,13-14,20H,7-12,15-16H2,1-2H3,(H,22,23);1H. The lowest BCUT2D eigenvalue weighted by Crippen LogP contribution is -2.49. The molecule has 1 aromatic heterocycles. The van der Waals surface area contributed by atoms with Gasteiger partial charge in [0, 0.05) is 58.6 Å². The van der Waals surface area contributed by atoms with Crippen LogP contribution in [-0.2, 0) is 24.8 Å². The van der Waals surface area contributed by atoms with E-state index in [-0.39, 0.29) is 30.1 Å². The molecule has 1 fully saturated rings. The van der Waals surface area contributed by atoms with Crippen molar-refractivity contribution in [3.05, 3.63) is 53.3 Å². The van der Waals surface area contributed by atoms with Gasteiger partial charge in [-0.25, -0.2) is 0 Å². The van der Waals surface area contributed by atoms with Crippen molar-refractivity contribution < 1.29 is 4.74 Å². The predicted octanol–water partition coefficient (Wildman–Crippen LogP) is 2.05. The number of hydrogen-bond acceptors (Lipinski definition) is 4. The fourth-order valence-electron chi connectivity index (χ4n) is 4.05. The van der Waals surface area contributed by atoms with Crippen molar-refractivity contribution in [1.82, 2.24) is 24.9 Å². The monoisotopic (exact) mass is 510 g/mol. The molecule has 158 valence electrons. The number of nitrogens with zero attached hydrogens (tertiary/aromatic N) is 5. The highest BCUT2D eigenvalue weighted by molar-refractivity contribution is 14.0. The van der Waals surface area contributed by atoms with Crippen LogP contribution < -0.4 is 5.32 Å². The molecule has 0 saturated carbocycles. The first-order valence-corrected chi connectivity index (χ1v) is 10.1. The number of halogens is 1. The van der Waals surface area contributed by atoms with Gasteiger partial charge in [0.2, 0.25) is 0 Å². The normalized spacial score (nSPS) is 20.1. The number of ether oxygens (including phenoxy) is 1. The van der Waals surface area contributed by atoms with E-state index in [0.717, 1.165) is 57.2 Å². The molecule has 1 atom stereocenters. The Labute approximate surface area is 190 Å². The molecule has 1 unspecified atom stereocenters. The van der Waals surface area contributed by atoms with Crippen LogP contribution in [0.3, 0.4) is 0 Å². The molecule has 1 saturated heterocycles. The first-order valence-electron chi connectivity index (χ1n) is 10.1. The van der Waals surface area contributed by atoms with Gasteiger partial charge in [-0.1, -0.05) is 24.3 Å². The van der Waals surface area contributed by atoms with Gasteiger partial charge < -0.3 is 15.0 Å². The van der Waals surface area contributed by atoms with E-state index < -0.39 is 0 Å². The van der Waals surface area contributed by atoms with E-state index in [9.17, 15) is 0 Å². The van der Waals surface area contributed by atoms with E-state index in [2.05, 4.69) is 49.5 Å². The summed E-state index contributed by atoms with van der Waals surface area (Å²) in [6, 6.07) is 8.78. The van der Waals surface area contributed by atoms with Crippen molar-refractivity contribution >= 4 is 29.9 Å². The summed E-state index contributed by atoms with van der Waals surface area (Å²) in [6.07, 6.45) is 5.10. The summed E-state index contributed by atoms with van der Waals surface area (Å²) in [6.45, 7) is 6.42. The maximum Gasteiger partial charge on any atom is 0.193 e. The van der Waals surface area contributed by atoms with Crippen molar-refractivity contribution in [2.75, 3.05) is 46.4 Å². The Balaban J connectivity index is 0.00000240. The molecule has 0 spiro atoms. The quantitative estimate of drug-likeness (QED) is 0.388. The molecule has 0 radical (unpaired) electrons. The zero-order valence-corrected chi connectivity index (χ0v) is 19.6. The third-order valence-electron chi connectivity index (χ3n) is 5.60. The van der Waals surface area contributed by atoms with Crippen LogP contribution in [0.1, 0.15) is 22.8 Å². The Morgan fingerprint density at radius 3 is 2.86 bits per heavy atom. The maximum atomic E-state index is 5.95. The molecular weight excluding hydrogens is 479 g/mol. The van der Waals surface area contributed by atoms with Gasteiger partial charge in [-0.15, -0.1) is 24.0 Å². The molecule has 0 amide bonds. The van der Waals surface area contributed by atoms with Crippen molar-refractivity contribution in [2.45, 2.75) is 19.1 Å². The van der Waals surface area contributed by atoms with E-state index in [1.807, 2.05) is 31.2 Å². The summed E-state index contributed by atoms with van der Waals surface area (Å²) in [4.78, 5) is 9.30. The molecule has 4 rings (SSSR count). The number of guanidine groups is 1. The molecule has 29 heavy (non-hydrogen) atoms. The Morgan fingerprint density at radius 2 is 2.10 bits per heavy atom. The van der Waals surface area contributed by atoms with E-state index in [1.54, 1.807) is 0 Å². The molecule has 1 aromatic carbocycles. The number of fused-ring (bicyclic) bond motifs is 1. The molecule has 2 aliphatic rings. The fourth-order valence-corrected chi connectivity index (χ4v) is 4.05. The lowest BCUT2D eigenvalue weighted by atomic mass is 10.00. The third kappa shape index (κ3) is 5.49. The lowest BCUT2D eigenvalue weighted by Gasteiger charge is -2.35. The SMILES string of the molecule is CN=C(NCCN1CCc2ccccc2C1)N1CCOC(c2cnn(C)c2)C1.I. The molecule has 2 aromatic rings. The summed E-state index contributed by atoms with van der Waals surface area (Å²) in [5.41, 5.74) is 4.08. The minimum absolute atomic E-state index is 0. The highest BCUT2D eigenvalue weighted by Crippen LogP contribution is 2.21. The van der Waals surface area contributed by atoms with Crippen molar-refractivity contribution in [2.24, 2.45) is 12.0 Å². The summed E-state index contributed by atoms with van der Waals surface area (Å²) < 4.78 is 7.77. The van der Waals surface area contributed by atoms with Gasteiger partial charge in [0.15, 0.2) is 5.96 Å². The Bertz CT molecular complexity index is 823. The third-order valence-corrected chi connectivity index (χ3v) is 5.60. The van der Waals surface area contributed by atoms with E-state index >= 15 is 0 Å². The predicted molar refractivity (Wildman–Crippen MR) is 126 cm³/mol. The largest absolute Gasteiger partial charge is 0.370 e. The second-order valence-electron chi connectivity index (χ2n) is 7.52. The molecular formula is C21H31IN6O. The number of rotatable bonds is 4. The van der Waals surface area contributed by atoms with E-state index in [0.29, 0.717) is 6.61 Å². The number of benzene rings is 1. The van der Waals surface area contributed by atoms with Crippen LogP contribution in [0.15, 0.2) is 41.7 Å². The molecule has 0 aliphatic carbocycles. The smallest absolute Gasteiger partial charge is 0.193 e. The van der Waals surface area contributed by atoms with Gasteiger partial charge in [-0.05, 0) is 17.5 Å². The van der Waals surface area contributed by atoms with Gasteiger partial charge in [0.25, 0.3) is 0 Å². The first kappa shape index (κ1) is 22.0. The van der Waals surface area contributed by atoms with E-state index in [4.69, 9.17) is 4.74 Å². The lowest BCUT2D eigenvalue weighted by molar-refractivity contribution is -0.00805. The number of aryl methyl sites for hydroxylation is 1. The number of nitrogens with one attached hydrogen (secondary N) is 1. The molecule has 8 heteroatoms. The summed E-state index contributed by atoms with van der Waals surface area (Å²) in [7, 11) is 3.79. The van der Waals surface area contributed by atoms with Gasteiger partial charge in [0.05, 0.1) is 19.3 Å². The van der Waals surface area contributed by atoms with Crippen molar-refractivity contribution in [3.8, 4) is 0 Å². The Kier molecular flexibility index (Phi) is 7.91.